The average Bonchev–Trinajstić information content (AvgIpc) is 2.55. The van der Waals surface area contributed by atoms with E-state index in [1.54, 1.807) is 11.8 Å². The molecule has 2 aliphatic rings. The Labute approximate surface area is 93.3 Å². The molecule has 0 aliphatic carbocycles. The number of rotatable bonds is 2. The summed E-state index contributed by atoms with van der Waals surface area (Å²) in [4.78, 5) is 24.3. The molecule has 84 valence electrons. The molecule has 0 radical (unpaired) electrons. The molecule has 2 aliphatic heterocycles. The fourth-order valence-corrected chi connectivity index (χ4v) is 3.70. The predicted octanol–water partition coefficient (Wildman–Crippen LogP) is 0.859. The minimum absolute atomic E-state index is 0.0735. The van der Waals surface area contributed by atoms with Crippen LogP contribution in [0.1, 0.15) is 20.8 Å². The summed E-state index contributed by atoms with van der Waals surface area (Å²) in [5.74, 6) is 0.762. The first-order chi connectivity index (χ1) is 6.94. The van der Waals surface area contributed by atoms with E-state index in [1.807, 2.05) is 18.7 Å². The van der Waals surface area contributed by atoms with Crippen molar-refractivity contribution in [1.82, 2.24) is 4.90 Å². The Morgan fingerprint density at radius 1 is 1.67 bits per heavy atom. The highest BCUT2D eigenvalue weighted by atomic mass is 32.2. The molecule has 0 bridgehead atoms. The van der Waals surface area contributed by atoms with Gasteiger partial charge in [-0.2, -0.15) is 0 Å². The Bertz CT molecular complexity index is 316. The molecule has 0 spiro atoms. The van der Waals surface area contributed by atoms with Crippen molar-refractivity contribution in [2.45, 2.75) is 32.2 Å². The first-order valence-electron chi connectivity index (χ1n) is 5.02. The van der Waals surface area contributed by atoms with Crippen LogP contribution in [0, 0.1) is 5.41 Å². The lowest BCUT2D eigenvalue weighted by Crippen LogP contribution is -2.65. The third-order valence-electron chi connectivity index (χ3n) is 2.97. The maximum atomic E-state index is 11.8. The van der Waals surface area contributed by atoms with E-state index in [0.29, 0.717) is 6.61 Å². The monoisotopic (exact) mass is 229 g/mol. The first kappa shape index (κ1) is 10.8. The van der Waals surface area contributed by atoms with Crippen LogP contribution in [-0.4, -0.2) is 40.6 Å². The number of ether oxygens (including phenoxy) is 1. The third kappa shape index (κ3) is 1.53. The fraction of sp³-hybridized carbons (Fsp3) is 0.800. The van der Waals surface area contributed by atoms with Gasteiger partial charge >= 0.3 is 5.97 Å². The second-order valence-electron chi connectivity index (χ2n) is 4.58. The Morgan fingerprint density at radius 3 is 2.93 bits per heavy atom. The first-order valence-corrected chi connectivity index (χ1v) is 6.07. The van der Waals surface area contributed by atoms with E-state index in [2.05, 4.69) is 0 Å². The molecule has 2 saturated heterocycles. The summed E-state index contributed by atoms with van der Waals surface area (Å²) in [6.07, 6.45) is 0. The van der Waals surface area contributed by atoms with Crippen molar-refractivity contribution in [3.63, 3.8) is 0 Å². The van der Waals surface area contributed by atoms with Crippen molar-refractivity contribution >= 4 is 23.6 Å². The molecule has 0 aromatic carbocycles. The molecule has 2 atom stereocenters. The molecule has 5 heteroatoms. The summed E-state index contributed by atoms with van der Waals surface area (Å²) in [7, 11) is 0. The molecule has 0 unspecified atom stereocenters. The van der Waals surface area contributed by atoms with E-state index in [4.69, 9.17) is 4.74 Å². The van der Waals surface area contributed by atoms with Gasteiger partial charge in [-0.15, -0.1) is 11.8 Å². The Kier molecular flexibility index (Phi) is 2.45. The smallest absolute Gasteiger partial charge is 0.302 e. The zero-order valence-corrected chi connectivity index (χ0v) is 9.97. The highest BCUT2D eigenvalue weighted by Crippen LogP contribution is 2.50. The van der Waals surface area contributed by atoms with Crippen LogP contribution in [0.4, 0.5) is 0 Å². The number of nitrogens with zero attached hydrogens (tertiary/aromatic N) is 1. The standard InChI is InChI=1S/C10H15NO3S/c1-6(12)14-4-7-5-15-9-10(2,3)8(13)11(7)9/h7,9H,4-5H2,1-3H3/t7-,9+/m0/s1. The minimum Gasteiger partial charge on any atom is -0.464 e. The number of carbonyl (C=O) groups excluding carboxylic acids is 2. The van der Waals surface area contributed by atoms with E-state index in [1.165, 1.54) is 6.92 Å². The lowest BCUT2D eigenvalue weighted by atomic mass is 9.81. The lowest BCUT2D eigenvalue weighted by molar-refractivity contribution is -0.165. The van der Waals surface area contributed by atoms with Crippen LogP contribution >= 0.6 is 11.8 Å². The Hall–Kier alpha value is -0.710. The lowest BCUT2D eigenvalue weighted by Gasteiger charge is -2.50. The topological polar surface area (TPSA) is 46.6 Å². The number of thioether (sulfide) groups is 1. The molecule has 1 amide bonds. The summed E-state index contributed by atoms with van der Waals surface area (Å²) in [6, 6.07) is 0.0735. The van der Waals surface area contributed by atoms with E-state index < -0.39 is 0 Å². The molecule has 0 saturated carbocycles. The number of β-lactam (4-membered cyclic amide) rings is 1. The van der Waals surface area contributed by atoms with Gasteiger partial charge in [0.1, 0.15) is 6.61 Å². The van der Waals surface area contributed by atoms with E-state index in [-0.39, 0.29) is 28.7 Å². The van der Waals surface area contributed by atoms with Gasteiger partial charge in [0.05, 0.1) is 16.8 Å². The summed E-state index contributed by atoms with van der Waals surface area (Å²) < 4.78 is 4.95. The Morgan fingerprint density at radius 2 is 2.33 bits per heavy atom. The van der Waals surface area contributed by atoms with Gasteiger partial charge < -0.3 is 9.64 Å². The van der Waals surface area contributed by atoms with Crippen molar-refractivity contribution in [1.29, 1.82) is 0 Å². The van der Waals surface area contributed by atoms with Gasteiger partial charge in [0.2, 0.25) is 5.91 Å². The number of carbonyl (C=O) groups is 2. The third-order valence-corrected chi connectivity index (χ3v) is 4.68. The molecule has 2 heterocycles. The molecule has 15 heavy (non-hydrogen) atoms. The van der Waals surface area contributed by atoms with Crippen molar-refractivity contribution < 1.29 is 14.3 Å². The van der Waals surface area contributed by atoms with Crippen LogP contribution in [0.15, 0.2) is 0 Å². The molecule has 0 aromatic heterocycles. The second-order valence-corrected chi connectivity index (χ2v) is 5.69. The van der Waals surface area contributed by atoms with Gasteiger partial charge in [-0.05, 0) is 13.8 Å². The zero-order valence-electron chi connectivity index (χ0n) is 9.15. The highest BCUT2D eigenvalue weighted by molar-refractivity contribution is 8.00. The molecule has 2 fully saturated rings. The van der Waals surface area contributed by atoms with Crippen LogP contribution in [-0.2, 0) is 14.3 Å². The van der Waals surface area contributed by atoms with Crippen molar-refractivity contribution in [2.24, 2.45) is 5.41 Å². The molecule has 0 N–H and O–H groups in total. The normalized spacial score (nSPS) is 32.2. The highest BCUT2D eigenvalue weighted by Gasteiger charge is 2.60. The van der Waals surface area contributed by atoms with Gasteiger partial charge in [0.25, 0.3) is 0 Å². The number of hydrogen-bond acceptors (Lipinski definition) is 4. The Balaban J connectivity index is 1.97. The average molecular weight is 229 g/mol. The van der Waals surface area contributed by atoms with Crippen LogP contribution < -0.4 is 0 Å². The molecule has 4 nitrogen and oxygen atoms in total. The molecular weight excluding hydrogens is 214 g/mol. The van der Waals surface area contributed by atoms with Crippen molar-refractivity contribution in [3.8, 4) is 0 Å². The molecule has 0 aromatic rings. The van der Waals surface area contributed by atoms with Crippen LogP contribution in [0.3, 0.4) is 0 Å². The van der Waals surface area contributed by atoms with Gasteiger partial charge in [0.15, 0.2) is 0 Å². The molecular formula is C10H15NO3S. The summed E-state index contributed by atoms with van der Waals surface area (Å²) in [6.45, 7) is 5.66. The van der Waals surface area contributed by atoms with Crippen molar-refractivity contribution in [3.05, 3.63) is 0 Å². The zero-order chi connectivity index (χ0) is 11.2. The molecule has 2 rings (SSSR count). The minimum atomic E-state index is -0.282. The van der Waals surface area contributed by atoms with Gasteiger partial charge in [-0.1, -0.05) is 0 Å². The SMILES string of the molecule is CC(=O)OC[C@H]1CS[C@H]2N1C(=O)C2(C)C. The van der Waals surface area contributed by atoms with Crippen molar-refractivity contribution in [2.75, 3.05) is 12.4 Å². The predicted molar refractivity (Wildman–Crippen MR) is 57.3 cm³/mol. The quantitative estimate of drug-likeness (QED) is 0.520. The van der Waals surface area contributed by atoms with Crippen LogP contribution in [0.5, 0.6) is 0 Å². The van der Waals surface area contributed by atoms with E-state index >= 15 is 0 Å². The van der Waals surface area contributed by atoms with E-state index in [0.717, 1.165) is 5.75 Å². The van der Waals surface area contributed by atoms with Crippen LogP contribution in [0.2, 0.25) is 0 Å². The van der Waals surface area contributed by atoms with Gasteiger partial charge in [0, 0.05) is 12.7 Å². The summed E-state index contributed by atoms with van der Waals surface area (Å²) in [5, 5.41) is 0.269. The largest absolute Gasteiger partial charge is 0.464 e. The van der Waals surface area contributed by atoms with E-state index in [9.17, 15) is 9.59 Å². The van der Waals surface area contributed by atoms with Gasteiger partial charge in [-0.25, -0.2) is 0 Å². The fourth-order valence-electron chi connectivity index (χ4n) is 2.10. The second kappa shape index (κ2) is 3.40. The number of esters is 1. The summed E-state index contributed by atoms with van der Waals surface area (Å²) in [5.41, 5.74) is -0.240. The summed E-state index contributed by atoms with van der Waals surface area (Å²) >= 11 is 1.78. The number of hydrogen-bond donors (Lipinski definition) is 0. The number of amides is 1. The maximum Gasteiger partial charge on any atom is 0.302 e. The van der Waals surface area contributed by atoms with Crippen LogP contribution in [0.25, 0.3) is 0 Å². The number of fused-ring (bicyclic) bond motifs is 1. The maximum absolute atomic E-state index is 11.8. The van der Waals surface area contributed by atoms with Gasteiger partial charge in [-0.3, -0.25) is 9.59 Å².